The van der Waals surface area contributed by atoms with Crippen molar-refractivity contribution in [2.24, 2.45) is 0 Å². The number of benzene rings is 1. The number of nitrogen functional groups attached to an aromatic ring is 1. The van der Waals surface area contributed by atoms with Gasteiger partial charge >= 0.3 is 0 Å². The standard InChI is InChI=1S/C14H16ClN3O2/c1-14(6-2-3-7-19-14)13-17-12(20-18-13)10-8-9(15)4-5-11(10)16/h4-5,8H,2-3,6-7,16H2,1H3. The Labute approximate surface area is 122 Å². The summed E-state index contributed by atoms with van der Waals surface area (Å²) < 4.78 is 11.1. The summed E-state index contributed by atoms with van der Waals surface area (Å²) in [6.45, 7) is 2.71. The van der Waals surface area contributed by atoms with E-state index in [1.165, 1.54) is 0 Å². The Bertz CT molecular complexity index is 621. The highest BCUT2D eigenvalue weighted by atomic mass is 35.5. The molecule has 1 aromatic heterocycles. The number of halogens is 1. The predicted octanol–water partition coefficient (Wildman–Crippen LogP) is 3.39. The van der Waals surface area contributed by atoms with Crippen molar-refractivity contribution in [1.82, 2.24) is 10.1 Å². The third-order valence-corrected chi connectivity index (χ3v) is 3.85. The summed E-state index contributed by atoms with van der Waals surface area (Å²) in [6.07, 6.45) is 3.05. The van der Waals surface area contributed by atoms with Crippen LogP contribution in [0.3, 0.4) is 0 Å². The largest absolute Gasteiger partial charge is 0.398 e. The van der Waals surface area contributed by atoms with Crippen LogP contribution in [0.15, 0.2) is 22.7 Å². The Hall–Kier alpha value is -1.59. The van der Waals surface area contributed by atoms with E-state index in [1.807, 2.05) is 6.92 Å². The molecule has 106 valence electrons. The van der Waals surface area contributed by atoms with Gasteiger partial charge in [0.15, 0.2) is 0 Å². The van der Waals surface area contributed by atoms with Gasteiger partial charge in [0.2, 0.25) is 5.82 Å². The number of hydrogen-bond donors (Lipinski definition) is 1. The highest BCUT2D eigenvalue weighted by molar-refractivity contribution is 6.31. The summed E-state index contributed by atoms with van der Waals surface area (Å²) in [5.74, 6) is 0.932. The molecule has 0 amide bonds. The van der Waals surface area contributed by atoms with E-state index in [1.54, 1.807) is 18.2 Å². The zero-order valence-corrected chi connectivity index (χ0v) is 12.0. The molecular formula is C14H16ClN3O2. The fraction of sp³-hybridized carbons (Fsp3) is 0.429. The molecule has 2 aromatic rings. The molecule has 0 saturated carbocycles. The summed E-state index contributed by atoms with van der Waals surface area (Å²) in [6, 6.07) is 5.17. The Morgan fingerprint density at radius 3 is 2.95 bits per heavy atom. The van der Waals surface area contributed by atoms with Crippen LogP contribution in [0.1, 0.15) is 32.0 Å². The van der Waals surface area contributed by atoms with Gasteiger partial charge in [-0.15, -0.1) is 0 Å². The third kappa shape index (κ3) is 2.39. The van der Waals surface area contributed by atoms with Crippen molar-refractivity contribution >= 4 is 17.3 Å². The van der Waals surface area contributed by atoms with Crippen molar-refractivity contribution in [3.05, 3.63) is 29.0 Å². The monoisotopic (exact) mass is 293 g/mol. The lowest BCUT2D eigenvalue weighted by molar-refractivity contribution is -0.0770. The molecule has 5 nitrogen and oxygen atoms in total. The van der Waals surface area contributed by atoms with Crippen molar-refractivity contribution in [1.29, 1.82) is 0 Å². The highest BCUT2D eigenvalue weighted by Crippen LogP contribution is 2.35. The molecule has 1 aromatic carbocycles. The van der Waals surface area contributed by atoms with Crippen molar-refractivity contribution in [3.8, 4) is 11.5 Å². The molecule has 1 saturated heterocycles. The second-order valence-electron chi connectivity index (χ2n) is 5.19. The van der Waals surface area contributed by atoms with Crippen LogP contribution in [-0.4, -0.2) is 16.7 Å². The molecule has 20 heavy (non-hydrogen) atoms. The van der Waals surface area contributed by atoms with Crippen molar-refractivity contribution in [2.75, 3.05) is 12.3 Å². The maximum Gasteiger partial charge on any atom is 0.260 e. The van der Waals surface area contributed by atoms with Gasteiger partial charge in [0, 0.05) is 17.3 Å². The Morgan fingerprint density at radius 1 is 1.35 bits per heavy atom. The van der Waals surface area contributed by atoms with Gasteiger partial charge in [-0.2, -0.15) is 4.98 Å². The van der Waals surface area contributed by atoms with E-state index < -0.39 is 5.60 Å². The maximum atomic E-state index is 5.98. The van der Waals surface area contributed by atoms with Gasteiger partial charge in [-0.05, 0) is 44.4 Å². The van der Waals surface area contributed by atoms with Gasteiger partial charge in [0.05, 0.1) is 5.56 Å². The quantitative estimate of drug-likeness (QED) is 0.859. The number of ether oxygens (including phenoxy) is 1. The third-order valence-electron chi connectivity index (χ3n) is 3.61. The molecule has 0 aliphatic carbocycles. The van der Waals surface area contributed by atoms with E-state index in [-0.39, 0.29) is 0 Å². The normalized spacial score (nSPS) is 22.9. The molecule has 0 bridgehead atoms. The van der Waals surface area contributed by atoms with Crippen LogP contribution >= 0.6 is 11.6 Å². The van der Waals surface area contributed by atoms with Crippen LogP contribution < -0.4 is 5.73 Å². The summed E-state index contributed by atoms with van der Waals surface area (Å²) in [5, 5.41) is 4.63. The Balaban J connectivity index is 1.95. The molecule has 0 spiro atoms. The van der Waals surface area contributed by atoms with Crippen molar-refractivity contribution < 1.29 is 9.26 Å². The first-order chi connectivity index (χ1) is 9.58. The number of nitrogens with zero attached hydrogens (tertiary/aromatic N) is 2. The summed E-state index contributed by atoms with van der Waals surface area (Å²) in [4.78, 5) is 4.44. The minimum Gasteiger partial charge on any atom is -0.398 e. The molecule has 0 radical (unpaired) electrons. The van der Waals surface area contributed by atoms with Gasteiger partial charge in [0.25, 0.3) is 5.89 Å². The summed E-state index contributed by atoms with van der Waals surface area (Å²) in [5.41, 5.74) is 6.65. The lowest BCUT2D eigenvalue weighted by Gasteiger charge is -2.30. The molecule has 1 atom stereocenters. The van der Waals surface area contributed by atoms with Crippen LogP contribution in [0.25, 0.3) is 11.5 Å². The lowest BCUT2D eigenvalue weighted by Crippen LogP contribution is -2.31. The van der Waals surface area contributed by atoms with E-state index in [2.05, 4.69) is 10.1 Å². The Morgan fingerprint density at radius 2 is 2.20 bits per heavy atom. The van der Waals surface area contributed by atoms with Crippen LogP contribution in [0, 0.1) is 0 Å². The lowest BCUT2D eigenvalue weighted by atomic mass is 9.95. The smallest absolute Gasteiger partial charge is 0.260 e. The molecule has 1 aliphatic heterocycles. The summed E-state index contributed by atoms with van der Waals surface area (Å²) in [7, 11) is 0. The zero-order valence-electron chi connectivity index (χ0n) is 11.2. The minimum absolute atomic E-state index is 0.371. The minimum atomic E-state index is -0.479. The maximum absolute atomic E-state index is 5.98. The number of rotatable bonds is 2. The van der Waals surface area contributed by atoms with Crippen molar-refractivity contribution in [3.63, 3.8) is 0 Å². The van der Waals surface area contributed by atoms with Gasteiger partial charge in [-0.1, -0.05) is 16.8 Å². The van der Waals surface area contributed by atoms with E-state index in [0.717, 1.165) is 25.9 Å². The van der Waals surface area contributed by atoms with Gasteiger partial charge in [-0.25, -0.2) is 0 Å². The van der Waals surface area contributed by atoms with Crippen LogP contribution in [0.4, 0.5) is 5.69 Å². The number of anilines is 1. The van der Waals surface area contributed by atoms with E-state index >= 15 is 0 Å². The second kappa shape index (κ2) is 5.07. The van der Waals surface area contributed by atoms with E-state index in [9.17, 15) is 0 Å². The van der Waals surface area contributed by atoms with E-state index in [4.69, 9.17) is 26.6 Å². The average Bonchev–Trinajstić information content (AvgIpc) is 2.93. The second-order valence-corrected chi connectivity index (χ2v) is 5.63. The molecule has 1 unspecified atom stereocenters. The molecule has 2 heterocycles. The first-order valence-electron chi connectivity index (χ1n) is 6.62. The average molecular weight is 294 g/mol. The molecule has 1 aliphatic rings. The van der Waals surface area contributed by atoms with Gasteiger partial charge in [0.1, 0.15) is 5.60 Å². The van der Waals surface area contributed by atoms with E-state index in [0.29, 0.717) is 28.0 Å². The highest BCUT2D eigenvalue weighted by Gasteiger charge is 2.35. The molecule has 1 fully saturated rings. The van der Waals surface area contributed by atoms with Gasteiger partial charge < -0.3 is 15.0 Å². The first-order valence-corrected chi connectivity index (χ1v) is 7.00. The fourth-order valence-electron chi connectivity index (χ4n) is 2.37. The molecular weight excluding hydrogens is 278 g/mol. The fourth-order valence-corrected chi connectivity index (χ4v) is 2.54. The number of hydrogen-bond acceptors (Lipinski definition) is 5. The molecule has 3 rings (SSSR count). The van der Waals surface area contributed by atoms with Crippen LogP contribution in [-0.2, 0) is 10.3 Å². The molecule has 2 N–H and O–H groups in total. The summed E-state index contributed by atoms with van der Waals surface area (Å²) >= 11 is 5.98. The van der Waals surface area contributed by atoms with Gasteiger partial charge in [-0.3, -0.25) is 0 Å². The molecule has 6 heteroatoms. The topological polar surface area (TPSA) is 74.2 Å². The Kier molecular flexibility index (Phi) is 3.40. The van der Waals surface area contributed by atoms with Crippen LogP contribution in [0.5, 0.6) is 0 Å². The SMILES string of the molecule is CC1(c2noc(-c3cc(Cl)ccc3N)n2)CCCCO1. The first kappa shape index (κ1) is 13.4. The number of aromatic nitrogens is 2. The predicted molar refractivity (Wildman–Crippen MR) is 76.3 cm³/mol. The van der Waals surface area contributed by atoms with Crippen LogP contribution in [0.2, 0.25) is 5.02 Å². The number of nitrogens with two attached hydrogens (primary N) is 1. The van der Waals surface area contributed by atoms with Crippen molar-refractivity contribution in [2.45, 2.75) is 31.8 Å². The zero-order chi connectivity index (χ0) is 14.2.